The van der Waals surface area contributed by atoms with Gasteiger partial charge in [-0.15, -0.1) is 0 Å². The van der Waals surface area contributed by atoms with E-state index in [4.69, 9.17) is 10.00 Å². The molecule has 1 aromatic carbocycles. The average Bonchev–Trinajstić information content (AvgIpc) is 2.48. The first kappa shape index (κ1) is 11.6. The van der Waals surface area contributed by atoms with Crippen LogP contribution in [0.5, 0.6) is 5.75 Å². The lowest BCUT2D eigenvalue weighted by Crippen LogP contribution is -2.50. The molecule has 3 heterocycles. The molecule has 3 fully saturated rings. The van der Waals surface area contributed by atoms with Gasteiger partial charge in [0.2, 0.25) is 0 Å². The fraction of sp³-hybridized carbons (Fsp3) is 0.533. The number of benzene rings is 1. The predicted molar refractivity (Wildman–Crippen MR) is 69.4 cm³/mol. The van der Waals surface area contributed by atoms with Gasteiger partial charge in [-0.2, -0.15) is 5.26 Å². The van der Waals surface area contributed by atoms with Gasteiger partial charge < -0.3 is 9.64 Å². The molecule has 3 nitrogen and oxygen atoms in total. The number of fused-ring (bicyclic) bond motifs is 3. The smallest absolute Gasteiger partial charge is 0.119 e. The number of piperidine rings is 3. The Morgan fingerprint density at radius 2 is 1.72 bits per heavy atom. The van der Waals surface area contributed by atoms with Crippen molar-refractivity contribution < 1.29 is 4.74 Å². The highest BCUT2D eigenvalue weighted by molar-refractivity contribution is 5.34. The van der Waals surface area contributed by atoms with Gasteiger partial charge in [-0.25, -0.2) is 0 Å². The number of nitrogens with zero attached hydrogens (tertiary/aromatic N) is 2. The SMILES string of the molecule is N#Cc1ccc(OCC23CCN(CC2)CC3)cc1. The maximum Gasteiger partial charge on any atom is 0.119 e. The van der Waals surface area contributed by atoms with Crippen LogP contribution in [-0.2, 0) is 0 Å². The molecule has 0 unspecified atom stereocenters. The van der Waals surface area contributed by atoms with Crippen LogP contribution in [0, 0.1) is 16.7 Å². The quantitative estimate of drug-likeness (QED) is 0.816. The van der Waals surface area contributed by atoms with Crippen molar-refractivity contribution in [2.24, 2.45) is 5.41 Å². The van der Waals surface area contributed by atoms with Gasteiger partial charge in [0.05, 0.1) is 18.2 Å². The first-order valence-electron chi connectivity index (χ1n) is 6.65. The molecule has 0 atom stereocenters. The Balaban J connectivity index is 1.61. The van der Waals surface area contributed by atoms with E-state index in [1.54, 1.807) is 0 Å². The molecular weight excluding hydrogens is 224 g/mol. The lowest BCUT2D eigenvalue weighted by atomic mass is 9.73. The van der Waals surface area contributed by atoms with E-state index < -0.39 is 0 Å². The van der Waals surface area contributed by atoms with Crippen LogP contribution in [0.25, 0.3) is 0 Å². The fourth-order valence-electron chi connectivity index (χ4n) is 2.97. The van der Waals surface area contributed by atoms with Crippen molar-refractivity contribution in [1.29, 1.82) is 5.26 Å². The van der Waals surface area contributed by atoms with Crippen LogP contribution in [0.2, 0.25) is 0 Å². The Bertz CT molecular complexity index is 439. The van der Waals surface area contributed by atoms with E-state index in [2.05, 4.69) is 11.0 Å². The molecule has 3 aliphatic rings. The largest absolute Gasteiger partial charge is 0.493 e. The second kappa shape index (κ2) is 4.62. The Labute approximate surface area is 108 Å². The summed E-state index contributed by atoms with van der Waals surface area (Å²) in [6, 6.07) is 9.55. The molecular formula is C15H18N2O. The fourth-order valence-corrected chi connectivity index (χ4v) is 2.97. The lowest BCUT2D eigenvalue weighted by Gasteiger charge is -2.48. The van der Waals surface area contributed by atoms with Crippen molar-refractivity contribution >= 4 is 0 Å². The molecule has 94 valence electrons. The van der Waals surface area contributed by atoms with E-state index in [0.29, 0.717) is 11.0 Å². The van der Waals surface area contributed by atoms with E-state index in [9.17, 15) is 0 Å². The molecule has 1 aromatic rings. The zero-order valence-corrected chi connectivity index (χ0v) is 10.6. The molecule has 0 radical (unpaired) electrons. The number of ether oxygens (including phenoxy) is 1. The maximum absolute atomic E-state index is 8.75. The third-order valence-corrected chi connectivity index (χ3v) is 4.40. The minimum Gasteiger partial charge on any atom is -0.493 e. The van der Waals surface area contributed by atoms with Crippen LogP contribution in [0.15, 0.2) is 24.3 Å². The van der Waals surface area contributed by atoms with Gasteiger partial charge >= 0.3 is 0 Å². The van der Waals surface area contributed by atoms with Crippen LogP contribution >= 0.6 is 0 Å². The summed E-state index contributed by atoms with van der Waals surface area (Å²) in [5, 5.41) is 8.75. The Morgan fingerprint density at radius 3 is 2.28 bits per heavy atom. The van der Waals surface area contributed by atoms with Crippen molar-refractivity contribution in [3.8, 4) is 11.8 Å². The molecule has 0 aliphatic carbocycles. The summed E-state index contributed by atoms with van der Waals surface area (Å²) in [5.41, 5.74) is 1.09. The standard InChI is InChI=1S/C15H18N2O/c16-11-13-1-3-14(4-2-13)18-12-15-5-8-17(9-6-15)10-7-15/h1-4H,5-10,12H2. The monoisotopic (exact) mass is 242 g/mol. The Morgan fingerprint density at radius 1 is 1.11 bits per heavy atom. The third-order valence-electron chi connectivity index (χ3n) is 4.40. The lowest BCUT2D eigenvalue weighted by molar-refractivity contribution is -0.00766. The number of hydrogen-bond donors (Lipinski definition) is 0. The average molecular weight is 242 g/mol. The maximum atomic E-state index is 8.75. The minimum absolute atomic E-state index is 0.405. The van der Waals surface area contributed by atoms with Gasteiger partial charge in [-0.1, -0.05) is 0 Å². The first-order valence-corrected chi connectivity index (χ1v) is 6.65. The molecule has 0 aromatic heterocycles. The highest BCUT2D eigenvalue weighted by Gasteiger charge is 2.39. The molecule has 3 aliphatic heterocycles. The highest BCUT2D eigenvalue weighted by atomic mass is 16.5. The summed E-state index contributed by atoms with van der Waals surface area (Å²) in [6.45, 7) is 4.52. The van der Waals surface area contributed by atoms with Crippen molar-refractivity contribution in [2.45, 2.75) is 19.3 Å². The molecule has 2 bridgehead atoms. The zero-order valence-electron chi connectivity index (χ0n) is 10.6. The van der Waals surface area contributed by atoms with Crippen molar-refractivity contribution in [3.63, 3.8) is 0 Å². The van der Waals surface area contributed by atoms with Gasteiger partial charge in [0.15, 0.2) is 0 Å². The second-order valence-corrected chi connectivity index (χ2v) is 5.52. The van der Waals surface area contributed by atoms with Gasteiger partial charge in [-0.05, 0) is 63.2 Å². The topological polar surface area (TPSA) is 36.3 Å². The molecule has 3 heteroatoms. The van der Waals surface area contributed by atoms with Crippen LogP contribution in [-0.4, -0.2) is 31.1 Å². The second-order valence-electron chi connectivity index (χ2n) is 5.52. The molecule has 0 spiro atoms. The molecule has 0 amide bonds. The van der Waals surface area contributed by atoms with Crippen LogP contribution < -0.4 is 4.74 Å². The van der Waals surface area contributed by atoms with E-state index >= 15 is 0 Å². The van der Waals surface area contributed by atoms with Crippen LogP contribution in [0.1, 0.15) is 24.8 Å². The molecule has 4 rings (SSSR count). The van der Waals surface area contributed by atoms with Crippen molar-refractivity contribution in [2.75, 3.05) is 26.2 Å². The van der Waals surface area contributed by atoms with Crippen molar-refractivity contribution in [3.05, 3.63) is 29.8 Å². The Kier molecular flexibility index (Phi) is 2.97. The zero-order chi connectivity index (χ0) is 12.4. The van der Waals surface area contributed by atoms with E-state index in [1.165, 1.54) is 38.9 Å². The normalized spacial score (nSPS) is 29.8. The van der Waals surface area contributed by atoms with E-state index in [1.807, 2.05) is 24.3 Å². The third kappa shape index (κ3) is 2.21. The van der Waals surface area contributed by atoms with Crippen LogP contribution in [0.3, 0.4) is 0 Å². The number of rotatable bonds is 3. The summed E-state index contributed by atoms with van der Waals surface area (Å²) in [6.07, 6.45) is 3.80. The van der Waals surface area contributed by atoms with E-state index in [-0.39, 0.29) is 0 Å². The van der Waals surface area contributed by atoms with E-state index in [0.717, 1.165) is 12.4 Å². The van der Waals surface area contributed by atoms with Crippen molar-refractivity contribution in [1.82, 2.24) is 4.90 Å². The summed E-state index contributed by atoms with van der Waals surface area (Å²) in [4.78, 5) is 2.55. The van der Waals surface area contributed by atoms with Crippen LogP contribution in [0.4, 0.5) is 0 Å². The molecule has 18 heavy (non-hydrogen) atoms. The summed E-state index contributed by atoms with van der Waals surface area (Å²) in [5.74, 6) is 0.886. The number of nitriles is 1. The molecule has 3 saturated heterocycles. The number of hydrogen-bond acceptors (Lipinski definition) is 3. The van der Waals surface area contributed by atoms with Gasteiger partial charge in [0, 0.05) is 5.41 Å². The molecule has 0 saturated carbocycles. The first-order chi connectivity index (χ1) is 8.80. The van der Waals surface area contributed by atoms with Gasteiger partial charge in [-0.3, -0.25) is 0 Å². The predicted octanol–water partition coefficient (Wildman–Crippen LogP) is 2.42. The van der Waals surface area contributed by atoms with Gasteiger partial charge in [0.25, 0.3) is 0 Å². The molecule has 0 N–H and O–H groups in total. The minimum atomic E-state index is 0.405. The summed E-state index contributed by atoms with van der Waals surface area (Å²) in [7, 11) is 0. The highest BCUT2D eigenvalue weighted by Crippen LogP contribution is 2.40. The summed E-state index contributed by atoms with van der Waals surface area (Å²) < 4.78 is 5.94. The summed E-state index contributed by atoms with van der Waals surface area (Å²) >= 11 is 0. The van der Waals surface area contributed by atoms with Gasteiger partial charge in [0.1, 0.15) is 5.75 Å². The Hall–Kier alpha value is -1.53.